The highest BCUT2D eigenvalue weighted by molar-refractivity contribution is 5.94. The Hall–Kier alpha value is -3.74. The standard InChI is InChI=1S/C26H24F2O5/c1-3-31-25(30)12-7-18-14-23(27)26(24(28)15-18)32-16-19-5-4-6-22(13-19)33-21-10-8-20(9-11-21)17(2)29/h4-6,8-11,13-15H,3,7,12,16H2,1-2H3. The first-order valence-electron chi connectivity index (χ1n) is 10.5. The lowest BCUT2D eigenvalue weighted by atomic mass is 10.1. The number of hydrogen-bond acceptors (Lipinski definition) is 5. The topological polar surface area (TPSA) is 61.8 Å². The van der Waals surface area contributed by atoms with Gasteiger partial charge in [0.25, 0.3) is 0 Å². The number of Topliss-reactive ketones (excluding diaryl/α,β-unsaturated/α-hetero) is 1. The molecule has 0 atom stereocenters. The van der Waals surface area contributed by atoms with Crippen molar-refractivity contribution in [3.8, 4) is 17.2 Å². The summed E-state index contributed by atoms with van der Waals surface area (Å²) in [6.45, 7) is 3.36. The number of carbonyl (C=O) groups is 2. The highest BCUT2D eigenvalue weighted by atomic mass is 19.1. The molecule has 7 heteroatoms. The van der Waals surface area contributed by atoms with E-state index in [4.69, 9.17) is 14.2 Å². The molecule has 3 aromatic carbocycles. The summed E-state index contributed by atoms with van der Waals surface area (Å²) in [4.78, 5) is 22.8. The average molecular weight is 454 g/mol. The Bertz CT molecular complexity index is 1100. The van der Waals surface area contributed by atoms with Crippen LogP contribution in [0.15, 0.2) is 60.7 Å². The first kappa shape index (κ1) is 23.9. The van der Waals surface area contributed by atoms with Crippen LogP contribution in [0.5, 0.6) is 17.2 Å². The van der Waals surface area contributed by atoms with Crippen molar-refractivity contribution in [2.75, 3.05) is 6.61 Å². The maximum Gasteiger partial charge on any atom is 0.306 e. The van der Waals surface area contributed by atoms with Crippen molar-refractivity contribution in [2.45, 2.75) is 33.3 Å². The molecule has 0 spiro atoms. The summed E-state index contributed by atoms with van der Waals surface area (Å²) >= 11 is 0. The van der Waals surface area contributed by atoms with Gasteiger partial charge in [0, 0.05) is 12.0 Å². The number of aryl methyl sites for hydroxylation is 1. The minimum absolute atomic E-state index is 0.0350. The molecule has 3 aromatic rings. The van der Waals surface area contributed by atoms with E-state index in [9.17, 15) is 18.4 Å². The van der Waals surface area contributed by atoms with Crippen LogP contribution >= 0.6 is 0 Å². The van der Waals surface area contributed by atoms with Crippen LogP contribution in [-0.4, -0.2) is 18.4 Å². The lowest BCUT2D eigenvalue weighted by Gasteiger charge is -2.12. The van der Waals surface area contributed by atoms with Crippen LogP contribution < -0.4 is 9.47 Å². The molecule has 0 bridgehead atoms. The molecule has 0 N–H and O–H groups in total. The van der Waals surface area contributed by atoms with Gasteiger partial charge >= 0.3 is 5.97 Å². The van der Waals surface area contributed by atoms with E-state index >= 15 is 0 Å². The minimum Gasteiger partial charge on any atom is -0.483 e. The first-order valence-corrected chi connectivity index (χ1v) is 10.5. The number of benzene rings is 3. The Morgan fingerprint density at radius 3 is 2.21 bits per heavy atom. The van der Waals surface area contributed by atoms with Crippen LogP contribution in [0.1, 0.15) is 41.8 Å². The fourth-order valence-corrected chi connectivity index (χ4v) is 3.12. The summed E-state index contributed by atoms with van der Waals surface area (Å²) in [5, 5.41) is 0. The molecule has 3 rings (SSSR count). The molecule has 0 aliphatic carbocycles. The molecular weight excluding hydrogens is 430 g/mol. The third-order valence-electron chi connectivity index (χ3n) is 4.76. The third-order valence-corrected chi connectivity index (χ3v) is 4.76. The van der Waals surface area contributed by atoms with Gasteiger partial charge in [-0.2, -0.15) is 0 Å². The molecule has 0 aromatic heterocycles. The Morgan fingerprint density at radius 2 is 1.58 bits per heavy atom. The molecule has 0 saturated heterocycles. The van der Waals surface area contributed by atoms with Crippen molar-refractivity contribution in [3.05, 3.63) is 89.0 Å². The normalized spacial score (nSPS) is 10.5. The summed E-state index contributed by atoms with van der Waals surface area (Å²) in [5.74, 6) is -1.56. The van der Waals surface area contributed by atoms with Gasteiger partial charge in [-0.15, -0.1) is 0 Å². The molecule has 0 saturated carbocycles. The molecule has 0 aliphatic heterocycles. The van der Waals surface area contributed by atoms with E-state index in [1.54, 1.807) is 55.5 Å². The van der Waals surface area contributed by atoms with Crippen LogP contribution in [0.2, 0.25) is 0 Å². The second-order valence-corrected chi connectivity index (χ2v) is 7.31. The van der Waals surface area contributed by atoms with Crippen LogP contribution in [0.4, 0.5) is 8.78 Å². The predicted molar refractivity (Wildman–Crippen MR) is 119 cm³/mol. The number of hydrogen-bond donors (Lipinski definition) is 0. The van der Waals surface area contributed by atoms with E-state index in [1.165, 1.54) is 6.92 Å². The number of ether oxygens (including phenoxy) is 3. The quantitative estimate of drug-likeness (QED) is 0.276. The van der Waals surface area contributed by atoms with E-state index in [2.05, 4.69) is 0 Å². The van der Waals surface area contributed by atoms with Crippen LogP contribution in [0.3, 0.4) is 0 Å². The van der Waals surface area contributed by atoms with E-state index in [1.807, 2.05) is 0 Å². The fraction of sp³-hybridized carbons (Fsp3) is 0.231. The Morgan fingerprint density at radius 1 is 0.879 bits per heavy atom. The van der Waals surface area contributed by atoms with E-state index in [0.717, 1.165) is 12.1 Å². The maximum atomic E-state index is 14.4. The van der Waals surface area contributed by atoms with Crippen LogP contribution in [-0.2, 0) is 22.6 Å². The number of halogens is 2. The van der Waals surface area contributed by atoms with Gasteiger partial charge in [0.2, 0.25) is 0 Å². The zero-order valence-electron chi connectivity index (χ0n) is 18.4. The lowest BCUT2D eigenvalue weighted by molar-refractivity contribution is -0.143. The van der Waals surface area contributed by atoms with Gasteiger partial charge in [0.15, 0.2) is 23.2 Å². The molecule has 5 nitrogen and oxygen atoms in total. The van der Waals surface area contributed by atoms with E-state index in [-0.39, 0.29) is 31.8 Å². The summed E-state index contributed by atoms with van der Waals surface area (Å²) in [6, 6.07) is 16.0. The van der Waals surface area contributed by atoms with E-state index in [0.29, 0.717) is 28.2 Å². The average Bonchev–Trinajstić information content (AvgIpc) is 2.78. The second-order valence-electron chi connectivity index (χ2n) is 7.31. The van der Waals surface area contributed by atoms with E-state index < -0.39 is 23.4 Å². The van der Waals surface area contributed by atoms with Crippen molar-refractivity contribution in [1.29, 1.82) is 0 Å². The van der Waals surface area contributed by atoms with Gasteiger partial charge in [-0.25, -0.2) is 8.78 Å². The fourth-order valence-electron chi connectivity index (χ4n) is 3.12. The van der Waals surface area contributed by atoms with Gasteiger partial charge in [-0.05, 0) is 79.9 Å². The zero-order valence-corrected chi connectivity index (χ0v) is 18.4. The van der Waals surface area contributed by atoms with Crippen LogP contribution in [0, 0.1) is 11.6 Å². The highest BCUT2D eigenvalue weighted by Crippen LogP contribution is 2.27. The van der Waals surface area contributed by atoms with Crippen LogP contribution in [0.25, 0.3) is 0 Å². The largest absolute Gasteiger partial charge is 0.483 e. The number of ketones is 1. The smallest absolute Gasteiger partial charge is 0.306 e. The lowest BCUT2D eigenvalue weighted by Crippen LogP contribution is -2.06. The SMILES string of the molecule is CCOC(=O)CCc1cc(F)c(OCc2cccc(Oc3ccc(C(C)=O)cc3)c2)c(F)c1. The second kappa shape index (κ2) is 11.2. The molecule has 0 aliphatic rings. The zero-order chi connectivity index (χ0) is 23.8. The molecule has 172 valence electrons. The summed E-state index contributed by atoms with van der Waals surface area (Å²) < 4.78 is 44.8. The number of carbonyl (C=O) groups excluding carboxylic acids is 2. The number of esters is 1. The van der Waals surface area contributed by atoms with Crippen molar-refractivity contribution < 1.29 is 32.6 Å². The van der Waals surface area contributed by atoms with Gasteiger partial charge in [-0.1, -0.05) is 12.1 Å². The highest BCUT2D eigenvalue weighted by Gasteiger charge is 2.14. The number of rotatable bonds is 10. The van der Waals surface area contributed by atoms with Crippen molar-refractivity contribution >= 4 is 11.8 Å². The summed E-state index contributed by atoms with van der Waals surface area (Å²) in [5.41, 5.74) is 1.58. The Balaban J connectivity index is 1.62. The monoisotopic (exact) mass is 454 g/mol. The minimum atomic E-state index is -0.841. The molecule has 0 heterocycles. The molecular formula is C26H24F2O5. The molecule has 0 unspecified atom stereocenters. The van der Waals surface area contributed by atoms with Gasteiger partial charge in [0.05, 0.1) is 6.61 Å². The predicted octanol–water partition coefficient (Wildman–Crippen LogP) is 6.03. The third kappa shape index (κ3) is 6.87. The van der Waals surface area contributed by atoms with Gasteiger partial charge in [-0.3, -0.25) is 9.59 Å². The summed E-state index contributed by atoms with van der Waals surface area (Å²) in [6.07, 6.45) is 0.205. The Labute approximate surface area is 190 Å². The van der Waals surface area contributed by atoms with Crippen molar-refractivity contribution in [2.24, 2.45) is 0 Å². The van der Waals surface area contributed by atoms with Gasteiger partial charge < -0.3 is 14.2 Å². The Kier molecular flexibility index (Phi) is 8.13. The molecule has 0 amide bonds. The van der Waals surface area contributed by atoms with Crippen molar-refractivity contribution in [3.63, 3.8) is 0 Å². The molecule has 0 fully saturated rings. The maximum absolute atomic E-state index is 14.4. The molecule has 0 radical (unpaired) electrons. The van der Waals surface area contributed by atoms with Gasteiger partial charge in [0.1, 0.15) is 18.1 Å². The first-order chi connectivity index (χ1) is 15.9. The summed E-state index contributed by atoms with van der Waals surface area (Å²) in [7, 11) is 0. The van der Waals surface area contributed by atoms with Crippen molar-refractivity contribution in [1.82, 2.24) is 0 Å². The molecule has 33 heavy (non-hydrogen) atoms.